The maximum absolute atomic E-state index is 13.3. The molecule has 5 rings (SSSR count). The highest BCUT2D eigenvalue weighted by Crippen LogP contribution is 2.39. The van der Waals surface area contributed by atoms with E-state index in [-0.39, 0.29) is 18.6 Å². The van der Waals surface area contributed by atoms with Gasteiger partial charge in [-0.25, -0.2) is 9.59 Å². The van der Waals surface area contributed by atoms with Crippen LogP contribution in [0.25, 0.3) is 6.08 Å². The molecule has 0 saturated heterocycles. The summed E-state index contributed by atoms with van der Waals surface area (Å²) in [5, 5.41) is 0. The third kappa shape index (κ3) is 3.48. The van der Waals surface area contributed by atoms with Crippen molar-refractivity contribution in [2.75, 3.05) is 0 Å². The zero-order valence-corrected chi connectivity index (χ0v) is 18.4. The zero-order valence-electron chi connectivity index (χ0n) is 17.7. The molecule has 0 radical (unpaired) electrons. The minimum atomic E-state index is -1.70. The van der Waals surface area contributed by atoms with E-state index in [9.17, 15) is 14.4 Å². The van der Waals surface area contributed by atoms with Crippen molar-refractivity contribution in [3.63, 3.8) is 0 Å². The second kappa shape index (κ2) is 7.78. The number of esters is 1. The first-order valence-electron chi connectivity index (χ1n) is 10.7. The molecule has 164 valence electrons. The van der Waals surface area contributed by atoms with Crippen LogP contribution in [-0.2, 0) is 45.9 Å². The zero-order chi connectivity index (χ0) is 22.5. The van der Waals surface area contributed by atoms with Crippen LogP contribution in [0.4, 0.5) is 4.79 Å². The normalized spacial score (nSPS) is 22.1. The molecule has 0 fully saturated rings. The van der Waals surface area contributed by atoms with Crippen molar-refractivity contribution >= 4 is 29.1 Å². The van der Waals surface area contributed by atoms with Gasteiger partial charge in [-0.2, -0.15) is 0 Å². The number of carbonyl (C=O) groups excluding carboxylic acids is 2. The van der Waals surface area contributed by atoms with E-state index in [0.29, 0.717) is 24.1 Å². The summed E-state index contributed by atoms with van der Waals surface area (Å²) >= 11 is 5.47. The van der Waals surface area contributed by atoms with E-state index < -0.39 is 17.0 Å². The average molecular weight is 452 g/mol. The van der Waals surface area contributed by atoms with Crippen molar-refractivity contribution in [3.8, 4) is 0 Å². The monoisotopic (exact) mass is 451 g/mol. The Hall–Kier alpha value is -3.12. The van der Waals surface area contributed by atoms with Crippen LogP contribution >= 0.6 is 11.6 Å². The smallest absolute Gasteiger partial charge is 0.405 e. The van der Waals surface area contributed by atoms with E-state index in [1.165, 1.54) is 11.1 Å². The van der Waals surface area contributed by atoms with Crippen molar-refractivity contribution in [3.05, 3.63) is 85.9 Å². The van der Waals surface area contributed by atoms with Gasteiger partial charge in [0.2, 0.25) is 5.60 Å². The molecule has 2 aliphatic heterocycles. The molecule has 0 unspecified atom stereocenters. The number of aromatic nitrogens is 1. The van der Waals surface area contributed by atoms with Crippen LogP contribution in [0.1, 0.15) is 47.7 Å². The van der Waals surface area contributed by atoms with Crippen molar-refractivity contribution in [2.24, 2.45) is 0 Å². The van der Waals surface area contributed by atoms with Crippen LogP contribution in [0.15, 0.2) is 52.3 Å². The highest BCUT2D eigenvalue weighted by atomic mass is 35.5. The maximum atomic E-state index is 13.3. The van der Waals surface area contributed by atoms with Crippen LogP contribution in [0.5, 0.6) is 0 Å². The van der Waals surface area contributed by atoms with Crippen LogP contribution in [0.2, 0.25) is 0 Å². The molecule has 2 aromatic rings. The first-order chi connectivity index (χ1) is 15.4. The first kappa shape index (κ1) is 20.8. The van der Waals surface area contributed by atoms with Gasteiger partial charge in [0.1, 0.15) is 6.61 Å². The number of hydrogen-bond donors (Lipinski definition) is 0. The number of nitrogens with zero attached hydrogens (tertiary/aromatic N) is 1. The molecule has 32 heavy (non-hydrogen) atoms. The van der Waals surface area contributed by atoms with E-state index >= 15 is 0 Å². The molecule has 7 heteroatoms. The molecule has 1 aliphatic carbocycles. The highest BCUT2D eigenvalue weighted by molar-refractivity contribution is 6.61. The van der Waals surface area contributed by atoms with Gasteiger partial charge in [-0.15, -0.1) is 0 Å². The first-order valence-corrected chi connectivity index (χ1v) is 11.1. The van der Waals surface area contributed by atoms with Gasteiger partial charge in [0.15, 0.2) is 0 Å². The van der Waals surface area contributed by atoms with Crippen molar-refractivity contribution in [1.82, 2.24) is 4.57 Å². The molecule has 6 nitrogen and oxygen atoms in total. The van der Waals surface area contributed by atoms with Gasteiger partial charge in [0, 0.05) is 35.8 Å². The van der Waals surface area contributed by atoms with Gasteiger partial charge in [0.25, 0.3) is 5.56 Å². The van der Waals surface area contributed by atoms with Crippen molar-refractivity contribution in [2.45, 2.75) is 51.4 Å². The summed E-state index contributed by atoms with van der Waals surface area (Å²) in [5.74, 6) is -0.706. The standard InChI is InChI=1S/C25H22ClNO5/c1-2-25(32-24(26)30)21-12-19-11-16(13-27(19)22(28)20(21)14-31-23(25)29)10-18-6-4-3-5-17(18)9-15-7-8-15/h3-7,10,12H,2,8-9,11,13-14H2,1H3/b16-10+/t25-/m0/s1. The lowest BCUT2D eigenvalue weighted by atomic mass is 9.85. The Kier molecular flexibility index (Phi) is 5.05. The predicted octanol–water partition coefficient (Wildman–Crippen LogP) is 4.40. The fourth-order valence-corrected chi connectivity index (χ4v) is 4.80. The van der Waals surface area contributed by atoms with Gasteiger partial charge in [0.05, 0.1) is 5.56 Å². The fourth-order valence-electron chi connectivity index (χ4n) is 4.67. The molecule has 1 atom stereocenters. The summed E-state index contributed by atoms with van der Waals surface area (Å²) in [6.07, 6.45) is 7.11. The van der Waals surface area contributed by atoms with Crippen LogP contribution in [0, 0.1) is 0 Å². The summed E-state index contributed by atoms with van der Waals surface area (Å²) < 4.78 is 12.2. The van der Waals surface area contributed by atoms with E-state index in [4.69, 9.17) is 21.1 Å². The van der Waals surface area contributed by atoms with Crippen molar-refractivity contribution < 1.29 is 19.1 Å². The molecule has 0 amide bonds. The Bertz CT molecular complexity index is 1270. The summed E-state index contributed by atoms with van der Waals surface area (Å²) in [6, 6.07) is 10.1. The molecule has 3 heterocycles. The SMILES string of the molecule is CC[C@@]1(OC(=O)Cl)C(=O)OCc2c1cc1n(c2=O)C/C(=C/c2ccccc2CC2=CC2)C1. The second-order valence-electron chi connectivity index (χ2n) is 8.44. The minimum absolute atomic E-state index is 0.117. The molecule has 1 aromatic carbocycles. The average Bonchev–Trinajstić information content (AvgIpc) is 3.49. The lowest BCUT2D eigenvalue weighted by Gasteiger charge is -2.34. The predicted molar refractivity (Wildman–Crippen MR) is 119 cm³/mol. The lowest BCUT2D eigenvalue weighted by molar-refractivity contribution is -0.171. The molecule has 0 saturated carbocycles. The number of rotatable bonds is 5. The third-order valence-corrected chi connectivity index (χ3v) is 6.52. The number of allylic oxidation sites excluding steroid dienone is 3. The van der Waals surface area contributed by atoms with E-state index in [1.54, 1.807) is 17.6 Å². The fraction of sp³-hybridized carbons (Fsp3) is 0.320. The second-order valence-corrected chi connectivity index (χ2v) is 8.75. The number of carbonyl (C=O) groups is 2. The van der Waals surface area contributed by atoms with Gasteiger partial charge in [-0.05, 0) is 42.0 Å². The molecular weight excluding hydrogens is 430 g/mol. The number of benzene rings is 1. The van der Waals surface area contributed by atoms with Gasteiger partial charge >= 0.3 is 11.4 Å². The topological polar surface area (TPSA) is 74.6 Å². The van der Waals surface area contributed by atoms with Gasteiger partial charge in [-0.1, -0.05) is 48.9 Å². The number of hydrogen-bond acceptors (Lipinski definition) is 5. The molecular formula is C25H22ClNO5. The van der Waals surface area contributed by atoms with Crippen LogP contribution in [0.3, 0.4) is 0 Å². The van der Waals surface area contributed by atoms with E-state index in [2.05, 4.69) is 24.3 Å². The maximum Gasteiger partial charge on any atom is 0.405 e. The minimum Gasteiger partial charge on any atom is -0.457 e. The summed E-state index contributed by atoms with van der Waals surface area (Å²) in [4.78, 5) is 37.5. The molecule has 3 aliphatic rings. The number of cyclic esters (lactones) is 1. The van der Waals surface area contributed by atoms with Gasteiger partial charge in [-0.3, -0.25) is 4.79 Å². The van der Waals surface area contributed by atoms with Crippen molar-refractivity contribution in [1.29, 1.82) is 0 Å². The molecule has 1 aromatic heterocycles. The Balaban J connectivity index is 1.54. The molecule has 0 N–H and O–H groups in total. The van der Waals surface area contributed by atoms with E-state index in [1.807, 2.05) is 12.1 Å². The third-order valence-electron chi connectivity index (χ3n) is 6.45. The summed E-state index contributed by atoms with van der Waals surface area (Å²) in [5.41, 5.74) is 3.42. The largest absolute Gasteiger partial charge is 0.457 e. The number of pyridine rings is 1. The summed E-state index contributed by atoms with van der Waals surface area (Å²) in [6.45, 7) is 2.02. The summed E-state index contributed by atoms with van der Waals surface area (Å²) in [7, 11) is 0. The lowest BCUT2D eigenvalue weighted by Crippen LogP contribution is -2.47. The molecule has 0 bridgehead atoms. The van der Waals surface area contributed by atoms with Gasteiger partial charge < -0.3 is 14.0 Å². The number of fused-ring (bicyclic) bond motifs is 2. The highest BCUT2D eigenvalue weighted by Gasteiger charge is 2.50. The number of halogens is 1. The van der Waals surface area contributed by atoms with E-state index in [0.717, 1.165) is 29.7 Å². The Labute approximate surface area is 190 Å². The Morgan fingerprint density at radius 2 is 2.09 bits per heavy atom. The van der Waals surface area contributed by atoms with Crippen LogP contribution in [-0.4, -0.2) is 16.0 Å². The Morgan fingerprint density at radius 1 is 1.31 bits per heavy atom. The Morgan fingerprint density at radius 3 is 2.81 bits per heavy atom. The quantitative estimate of drug-likeness (QED) is 0.382. The van der Waals surface area contributed by atoms with Crippen LogP contribution < -0.4 is 5.56 Å². The number of ether oxygens (including phenoxy) is 2. The molecule has 0 spiro atoms.